The van der Waals surface area contributed by atoms with Crippen molar-refractivity contribution >= 4 is 11.9 Å². The van der Waals surface area contributed by atoms with E-state index in [4.69, 9.17) is 9.84 Å². The third kappa shape index (κ3) is 1.72. The Morgan fingerprint density at radius 2 is 1.83 bits per heavy atom. The number of hydrogen-bond donors (Lipinski definition) is 1. The highest BCUT2D eigenvalue weighted by Crippen LogP contribution is 2.69. The largest absolute Gasteiger partial charge is 0.478 e. The van der Waals surface area contributed by atoms with Crippen molar-refractivity contribution in [3.8, 4) is 0 Å². The van der Waals surface area contributed by atoms with E-state index in [0.29, 0.717) is 23.7 Å². The summed E-state index contributed by atoms with van der Waals surface area (Å²) in [7, 11) is 0. The maximum atomic E-state index is 11.9. The number of rotatable bonds is 3. The minimum atomic E-state index is -1.12. The first kappa shape index (κ1) is 13.6. The monoisotopic (exact) mass is 312 g/mol. The molecule has 0 spiro atoms. The van der Waals surface area contributed by atoms with E-state index in [1.165, 1.54) is 12.8 Å². The number of allylic oxidation sites excluding steroid dienone is 2. The Bertz CT molecular complexity index is 685. The second-order valence-electron chi connectivity index (χ2n) is 7.63. The quantitative estimate of drug-likeness (QED) is 0.377. The Morgan fingerprint density at radius 1 is 1.09 bits per heavy atom. The highest BCUT2D eigenvalue weighted by molar-refractivity contribution is 5.90. The molecule has 5 aliphatic rings. The maximum Gasteiger partial charge on any atom is 0.331 e. The number of carbonyl (C=O) groups excluding carboxylic acids is 1. The van der Waals surface area contributed by atoms with Gasteiger partial charge in [-0.1, -0.05) is 23.3 Å². The summed E-state index contributed by atoms with van der Waals surface area (Å²) in [4.78, 5) is 22.5. The number of carboxylic acids is 1. The number of fused-ring (bicyclic) bond motifs is 11. The SMILES string of the molecule is O=C(O)/C=C\C(=O)OC1C2CCC1C1=C2C2CC1C1CC=CC21. The van der Waals surface area contributed by atoms with Crippen LogP contribution in [0.1, 0.15) is 25.7 Å². The van der Waals surface area contributed by atoms with Gasteiger partial charge in [-0.15, -0.1) is 0 Å². The lowest BCUT2D eigenvalue weighted by molar-refractivity contribution is -0.145. The van der Waals surface area contributed by atoms with E-state index in [-0.39, 0.29) is 6.10 Å². The van der Waals surface area contributed by atoms with Crippen LogP contribution in [0.15, 0.2) is 35.5 Å². The van der Waals surface area contributed by atoms with Crippen LogP contribution in [0.3, 0.4) is 0 Å². The molecule has 4 nitrogen and oxygen atoms in total. The van der Waals surface area contributed by atoms with Gasteiger partial charge in [0.25, 0.3) is 0 Å². The summed E-state index contributed by atoms with van der Waals surface area (Å²) < 4.78 is 5.68. The molecule has 0 aromatic carbocycles. The summed E-state index contributed by atoms with van der Waals surface area (Å²) in [6, 6.07) is 0. The van der Waals surface area contributed by atoms with Crippen LogP contribution in [0.4, 0.5) is 0 Å². The average molecular weight is 312 g/mol. The summed E-state index contributed by atoms with van der Waals surface area (Å²) in [5, 5.41) is 8.63. The van der Waals surface area contributed by atoms with Crippen LogP contribution in [0.25, 0.3) is 0 Å². The maximum absolute atomic E-state index is 11.9. The van der Waals surface area contributed by atoms with Crippen molar-refractivity contribution in [1.82, 2.24) is 0 Å². The van der Waals surface area contributed by atoms with Crippen LogP contribution in [-0.4, -0.2) is 23.1 Å². The molecular formula is C19H20O4. The molecule has 0 aromatic rings. The standard InChI is InChI=1S/C19H20O4/c20-15(21)6-7-16(22)23-19-11-4-5-12(19)18-14-8-13(17(11)18)9-2-1-3-10(9)14/h1-2,6-7,9-14,19H,3-5,8H2,(H,20,21)/b7-6-. The molecule has 4 bridgehead atoms. The first-order chi connectivity index (χ1) is 11.1. The van der Waals surface area contributed by atoms with E-state index < -0.39 is 11.9 Å². The van der Waals surface area contributed by atoms with Gasteiger partial charge in [-0.25, -0.2) is 9.59 Å². The van der Waals surface area contributed by atoms with Crippen LogP contribution in [0.5, 0.6) is 0 Å². The number of esters is 1. The minimum absolute atomic E-state index is 0.0425. The lowest BCUT2D eigenvalue weighted by atomic mass is 9.73. The molecule has 0 aromatic heterocycles. The van der Waals surface area contributed by atoms with Crippen molar-refractivity contribution in [2.24, 2.45) is 35.5 Å². The fourth-order valence-electron chi connectivity index (χ4n) is 6.37. The van der Waals surface area contributed by atoms with Gasteiger partial charge in [0.15, 0.2) is 0 Å². The summed E-state index contributed by atoms with van der Waals surface area (Å²) in [6.45, 7) is 0. The Kier molecular flexibility index (Phi) is 2.71. The van der Waals surface area contributed by atoms with E-state index in [1.54, 1.807) is 11.1 Å². The average Bonchev–Trinajstić information content (AvgIpc) is 3.27. The number of ether oxygens (including phenoxy) is 1. The first-order valence-corrected chi connectivity index (χ1v) is 8.67. The molecule has 4 heteroatoms. The number of carboxylic acid groups (broad SMARTS) is 1. The fourth-order valence-corrected chi connectivity index (χ4v) is 6.37. The van der Waals surface area contributed by atoms with E-state index >= 15 is 0 Å². The summed E-state index contributed by atoms with van der Waals surface area (Å²) >= 11 is 0. The van der Waals surface area contributed by atoms with Crippen LogP contribution in [0.2, 0.25) is 0 Å². The molecule has 0 aliphatic heterocycles. The number of carbonyl (C=O) groups is 2. The molecule has 0 heterocycles. The van der Waals surface area contributed by atoms with E-state index in [2.05, 4.69) is 12.2 Å². The molecular weight excluding hydrogens is 292 g/mol. The van der Waals surface area contributed by atoms with Gasteiger partial charge >= 0.3 is 11.9 Å². The van der Waals surface area contributed by atoms with Gasteiger partial charge in [0.1, 0.15) is 6.10 Å². The third-order valence-electron chi connectivity index (χ3n) is 6.88. The van der Waals surface area contributed by atoms with Crippen molar-refractivity contribution in [2.45, 2.75) is 31.8 Å². The lowest BCUT2D eigenvalue weighted by Crippen LogP contribution is -2.25. The molecule has 0 radical (unpaired) electrons. The van der Waals surface area contributed by atoms with Crippen molar-refractivity contribution in [3.63, 3.8) is 0 Å². The van der Waals surface area contributed by atoms with Crippen LogP contribution in [0, 0.1) is 35.5 Å². The van der Waals surface area contributed by atoms with E-state index in [0.717, 1.165) is 36.8 Å². The predicted octanol–water partition coefficient (Wildman–Crippen LogP) is 2.72. The number of aliphatic carboxylic acids is 1. The van der Waals surface area contributed by atoms with Crippen molar-refractivity contribution in [1.29, 1.82) is 0 Å². The van der Waals surface area contributed by atoms with Crippen molar-refractivity contribution in [2.75, 3.05) is 0 Å². The zero-order valence-electron chi connectivity index (χ0n) is 12.9. The molecule has 2 fully saturated rings. The predicted molar refractivity (Wildman–Crippen MR) is 82.2 cm³/mol. The molecule has 23 heavy (non-hydrogen) atoms. The van der Waals surface area contributed by atoms with Crippen LogP contribution >= 0.6 is 0 Å². The molecule has 5 aliphatic carbocycles. The van der Waals surface area contributed by atoms with E-state index in [1.807, 2.05) is 0 Å². The summed E-state index contributed by atoms with van der Waals surface area (Å²) in [6.07, 6.45) is 11.4. The van der Waals surface area contributed by atoms with Gasteiger partial charge in [-0.3, -0.25) is 0 Å². The van der Waals surface area contributed by atoms with Crippen LogP contribution in [-0.2, 0) is 14.3 Å². The molecule has 7 atom stereocenters. The fraction of sp³-hybridized carbons (Fsp3) is 0.579. The summed E-state index contributed by atoms with van der Waals surface area (Å²) in [5.74, 6) is 2.07. The minimum Gasteiger partial charge on any atom is -0.478 e. The summed E-state index contributed by atoms with van der Waals surface area (Å²) in [5.41, 5.74) is 3.26. The van der Waals surface area contributed by atoms with Gasteiger partial charge < -0.3 is 9.84 Å². The van der Waals surface area contributed by atoms with Crippen molar-refractivity contribution < 1.29 is 19.4 Å². The Hall–Kier alpha value is -1.84. The zero-order valence-corrected chi connectivity index (χ0v) is 12.9. The molecule has 2 saturated carbocycles. The molecule has 5 rings (SSSR count). The van der Waals surface area contributed by atoms with Crippen LogP contribution < -0.4 is 0 Å². The molecule has 0 amide bonds. The smallest absolute Gasteiger partial charge is 0.331 e. The molecule has 120 valence electrons. The molecule has 7 unspecified atom stereocenters. The first-order valence-electron chi connectivity index (χ1n) is 8.67. The Labute approximate surface area is 134 Å². The lowest BCUT2D eigenvalue weighted by Gasteiger charge is -2.31. The second kappa shape index (κ2) is 4.59. The topological polar surface area (TPSA) is 63.6 Å². The van der Waals surface area contributed by atoms with Crippen molar-refractivity contribution in [3.05, 3.63) is 35.5 Å². The molecule has 0 saturated heterocycles. The second-order valence-corrected chi connectivity index (χ2v) is 7.63. The molecule has 1 N–H and O–H groups in total. The Morgan fingerprint density at radius 3 is 2.57 bits per heavy atom. The Balaban J connectivity index is 1.38. The van der Waals surface area contributed by atoms with Gasteiger partial charge in [0.05, 0.1) is 0 Å². The highest BCUT2D eigenvalue weighted by atomic mass is 16.5. The highest BCUT2D eigenvalue weighted by Gasteiger charge is 2.62. The van der Waals surface area contributed by atoms with Gasteiger partial charge in [-0.2, -0.15) is 0 Å². The van der Waals surface area contributed by atoms with Gasteiger partial charge in [0.2, 0.25) is 0 Å². The normalized spacial score (nSPS) is 45.1. The van der Waals surface area contributed by atoms with Gasteiger partial charge in [0, 0.05) is 24.0 Å². The van der Waals surface area contributed by atoms with E-state index in [9.17, 15) is 9.59 Å². The van der Waals surface area contributed by atoms with Gasteiger partial charge in [-0.05, 0) is 49.4 Å². The third-order valence-corrected chi connectivity index (χ3v) is 6.88. The number of hydrogen-bond acceptors (Lipinski definition) is 3. The zero-order chi connectivity index (χ0) is 15.7.